The molecule has 0 saturated heterocycles. The summed E-state index contributed by atoms with van der Waals surface area (Å²) < 4.78 is 5.42. The number of aromatic nitrogens is 1. The molecule has 1 heterocycles. The molecule has 0 radical (unpaired) electrons. The summed E-state index contributed by atoms with van der Waals surface area (Å²) in [6.07, 6.45) is 5.35. The molecule has 3 nitrogen and oxygen atoms in total. The second-order valence-corrected chi connectivity index (χ2v) is 5.29. The largest absolute Gasteiger partial charge is 0.356 e. The van der Waals surface area contributed by atoms with E-state index in [0.29, 0.717) is 11.5 Å². The average molecular weight is 271 g/mol. The van der Waals surface area contributed by atoms with Gasteiger partial charge in [0, 0.05) is 16.7 Å². The van der Waals surface area contributed by atoms with E-state index in [1.54, 1.807) is 6.92 Å². The monoisotopic (exact) mass is 271 g/mol. The predicted octanol–water partition coefficient (Wildman–Crippen LogP) is 4.84. The maximum absolute atomic E-state index is 11.3. The van der Waals surface area contributed by atoms with E-state index in [-0.39, 0.29) is 5.78 Å². The molecule has 2 aromatic rings. The number of unbranched alkanes of at least 4 members (excludes halogenated alkanes) is 1. The van der Waals surface area contributed by atoms with Crippen molar-refractivity contribution < 1.29 is 9.32 Å². The van der Waals surface area contributed by atoms with Gasteiger partial charge in [0.1, 0.15) is 0 Å². The zero-order valence-electron chi connectivity index (χ0n) is 12.3. The third kappa shape index (κ3) is 3.16. The maximum atomic E-state index is 11.3. The highest BCUT2D eigenvalue weighted by Gasteiger charge is 2.16. The van der Waals surface area contributed by atoms with Crippen LogP contribution in [0, 0.1) is 0 Å². The van der Waals surface area contributed by atoms with Crippen LogP contribution in [-0.2, 0) is 0 Å². The van der Waals surface area contributed by atoms with Crippen LogP contribution >= 0.6 is 0 Å². The molecule has 2 rings (SSSR count). The van der Waals surface area contributed by atoms with Crippen LogP contribution in [0.3, 0.4) is 0 Å². The summed E-state index contributed by atoms with van der Waals surface area (Å²) in [4.78, 5) is 11.3. The van der Waals surface area contributed by atoms with Gasteiger partial charge in [0.05, 0.1) is 6.20 Å². The fraction of sp³-hybridized carbons (Fsp3) is 0.412. The van der Waals surface area contributed by atoms with Crippen molar-refractivity contribution in [1.82, 2.24) is 5.16 Å². The number of rotatable bonds is 6. The van der Waals surface area contributed by atoms with E-state index < -0.39 is 0 Å². The fourth-order valence-electron chi connectivity index (χ4n) is 2.34. The molecule has 1 aromatic carbocycles. The van der Waals surface area contributed by atoms with Crippen LogP contribution in [0.5, 0.6) is 0 Å². The fourth-order valence-corrected chi connectivity index (χ4v) is 2.34. The van der Waals surface area contributed by atoms with E-state index in [1.165, 1.54) is 12.8 Å². The molecule has 0 aliphatic heterocycles. The van der Waals surface area contributed by atoms with Gasteiger partial charge in [-0.05, 0) is 19.3 Å². The van der Waals surface area contributed by atoms with Crippen molar-refractivity contribution in [3.05, 3.63) is 41.6 Å². The first-order chi connectivity index (χ1) is 9.63. The Kier molecular flexibility index (Phi) is 4.72. The second-order valence-electron chi connectivity index (χ2n) is 5.29. The number of nitrogens with zero attached hydrogens (tertiary/aromatic N) is 1. The molecule has 106 valence electrons. The van der Waals surface area contributed by atoms with Crippen molar-refractivity contribution in [3.8, 4) is 11.3 Å². The Morgan fingerprint density at radius 2 is 2.00 bits per heavy atom. The van der Waals surface area contributed by atoms with Gasteiger partial charge in [0.2, 0.25) is 0 Å². The lowest BCUT2D eigenvalue weighted by Crippen LogP contribution is -1.95. The molecule has 0 aliphatic rings. The summed E-state index contributed by atoms with van der Waals surface area (Å²) in [5.41, 5.74) is 2.84. The molecule has 3 heteroatoms. The lowest BCUT2D eigenvalue weighted by atomic mass is 9.94. The maximum Gasteiger partial charge on any atom is 0.170 e. The van der Waals surface area contributed by atoms with Gasteiger partial charge in [-0.15, -0.1) is 0 Å². The molecule has 0 N–H and O–H groups in total. The van der Waals surface area contributed by atoms with Crippen molar-refractivity contribution in [1.29, 1.82) is 0 Å². The first-order valence-corrected chi connectivity index (χ1v) is 7.19. The molecule has 0 amide bonds. The zero-order valence-corrected chi connectivity index (χ0v) is 12.3. The lowest BCUT2D eigenvalue weighted by molar-refractivity contribution is 0.101. The minimum absolute atomic E-state index is 0.0747. The minimum Gasteiger partial charge on any atom is -0.356 e. The van der Waals surface area contributed by atoms with Crippen molar-refractivity contribution >= 4 is 5.78 Å². The molecule has 0 fully saturated rings. The van der Waals surface area contributed by atoms with Crippen molar-refractivity contribution in [3.63, 3.8) is 0 Å². The Hall–Kier alpha value is -1.90. The van der Waals surface area contributed by atoms with Gasteiger partial charge in [-0.3, -0.25) is 4.79 Å². The van der Waals surface area contributed by atoms with Gasteiger partial charge in [-0.2, -0.15) is 0 Å². The number of benzene rings is 1. The Bertz CT molecular complexity index is 569. The van der Waals surface area contributed by atoms with Gasteiger partial charge >= 0.3 is 0 Å². The summed E-state index contributed by atoms with van der Waals surface area (Å²) in [7, 11) is 0. The first-order valence-electron chi connectivity index (χ1n) is 7.19. The molecular formula is C17H21NO2. The molecule has 0 saturated carbocycles. The summed E-state index contributed by atoms with van der Waals surface area (Å²) in [5, 5.41) is 3.94. The highest BCUT2D eigenvalue weighted by atomic mass is 16.5. The van der Waals surface area contributed by atoms with Crippen LogP contribution in [0.4, 0.5) is 0 Å². The number of ketones is 1. The Morgan fingerprint density at radius 3 is 2.60 bits per heavy atom. The van der Waals surface area contributed by atoms with Gasteiger partial charge in [0.15, 0.2) is 11.5 Å². The SMILES string of the molecule is CCCCC(C)c1cnoc1-c1ccc(C(C)=O)cc1. The highest BCUT2D eigenvalue weighted by Crippen LogP contribution is 2.31. The predicted molar refractivity (Wildman–Crippen MR) is 79.9 cm³/mol. The summed E-state index contributed by atoms with van der Waals surface area (Å²) >= 11 is 0. The van der Waals surface area contributed by atoms with Crippen LogP contribution in [0.2, 0.25) is 0 Å². The number of carbonyl (C=O) groups is 1. The van der Waals surface area contributed by atoms with E-state index in [4.69, 9.17) is 4.52 Å². The van der Waals surface area contributed by atoms with Crippen LogP contribution in [0.25, 0.3) is 11.3 Å². The third-order valence-electron chi connectivity index (χ3n) is 3.67. The minimum atomic E-state index is 0.0747. The summed E-state index contributed by atoms with van der Waals surface area (Å²) in [6.45, 7) is 5.97. The van der Waals surface area contributed by atoms with Crippen LogP contribution < -0.4 is 0 Å². The standard InChI is InChI=1S/C17H21NO2/c1-4-5-6-12(2)16-11-18-20-17(16)15-9-7-14(8-10-15)13(3)19/h7-12H,4-6H2,1-3H3. The molecule has 1 atom stereocenters. The van der Waals surface area contributed by atoms with Crippen LogP contribution in [0.15, 0.2) is 35.0 Å². The third-order valence-corrected chi connectivity index (χ3v) is 3.67. The topological polar surface area (TPSA) is 43.1 Å². The molecule has 0 spiro atoms. The van der Waals surface area contributed by atoms with E-state index in [1.807, 2.05) is 30.5 Å². The van der Waals surface area contributed by atoms with Crippen molar-refractivity contribution in [2.45, 2.75) is 46.0 Å². The second kappa shape index (κ2) is 6.51. The zero-order chi connectivity index (χ0) is 14.5. The summed E-state index contributed by atoms with van der Waals surface area (Å²) in [6, 6.07) is 7.52. The number of hydrogen-bond acceptors (Lipinski definition) is 3. The van der Waals surface area contributed by atoms with E-state index in [0.717, 1.165) is 23.3 Å². The Labute approximate surface area is 120 Å². The normalized spacial score (nSPS) is 12.3. The van der Waals surface area contributed by atoms with Gasteiger partial charge < -0.3 is 4.52 Å². The molecule has 0 bridgehead atoms. The Morgan fingerprint density at radius 1 is 1.30 bits per heavy atom. The lowest BCUT2D eigenvalue weighted by Gasteiger charge is -2.10. The molecule has 20 heavy (non-hydrogen) atoms. The number of hydrogen-bond donors (Lipinski definition) is 0. The van der Waals surface area contributed by atoms with Crippen LogP contribution in [-0.4, -0.2) is 10.9 Å². The number of Topliss-reactive ketones (excluding diaryl/α,β-unsaturated/α-hetero) is 1. The van der Waals surface area contributed by atoms with E-state index >= 15 is 0 Å². The smallest absolute Gasteiger partial charge is 0.170 e. The quantitative estimate of drug-likeness (QED) is 0.706. The molecule has 0 aliphatic carbocycles. The Balaban J connectivity index is 2.25. The van der Waals surface area contributed by atoms with Gasteiger partial charge in [-0.25, -0.2) is 0 Å². The van der Waals surface area contributed by atoms with E-state index in [2.05, 4.69) is 19.0 Å². The van der Waals surface area contributed by atoms with Crippen molar-refractivity contribution in [2.75, 3.05) is 0 Å². The summed E-state index contributed by atoms with van der Waals surface area (Å²) in [5.74, 6) is 1.33. The molecule has 1 unspecified atom stereocenters. The van der Waals surface area contributed by atoms with E-state index in [9.17, 15) is 4.79 Å². The van der Waals surface area contributed by atoms with Crippen LogP contribution in [0.1, 0.15) is 61.9 Å². The molecular weight excluding hydrogens is 250 g/mol. The van der Waals surface area contributed by atoms with Gasteiger partial charge in [-0.1, -0.05) is 56.1 Å². The highest BCUT2D eigenvalue weighted by molar-refractivity contribution is 5.94. The average Bonchev–Trinajstić information content (AvgIpc) is 2.94. The van der Waals surface area contributed by atoms with Crippen molar-refractivity contribution in [2.24, 2.45) is 0 Å². The first kappa shape index (κ1) is 14.5. The number of carbonyl (C=O) groups excluding carboxylic acids is 1. The molecule has 1 aromatic heterocycles. The van der Waals surface area contributed by atoms with Gasteiger partial charge in [0.25, 0.3) is 0 Å².